The molecule has 0 saturated heterocycles. The summed E-state index contributed by atoms with van der Waals surface area (Å²) in [7, 11) is 1.50. The van der Waals surface area contributed by atoms with Crippen molar-refractivity contribution in [2.45, 2.75) is 0 Å². The van der Waals surface area contributed by atoms with Crippen LogP contribution in [0.5, 0.6) is 5.88 Å². The van der Waals surface area contributed by atoms with E-state index in [0.717, 1.165) is 0 Å². The number of benzene rings is 1. The van der Waals surface area contributed by atoms with Gasteiger partial charge in [0.05, 0.1) is 24.6 Å². The number of aromatic nitrogens is 2. The molecule has 0 aliphatic heterocycles. The lowest BCUT2D eigenvalue weighted by atomic mass is 10.1. The first kappa shape index (κ1) is 15.6. The van der Waals surface area contributed by atoms with Gasteiger partial charge in [0, 0.05) is 24.0 Å². The van der Waals surface area contributed by atoms with E-state index in [-0.39, 0.29) is 11.7 Å². The number of ether oxygens (including phenoxy) is 1. The molecule has 1 aromatic carbocycles. The van der Waals surface area contributed by atoms with Gasteiger partial charge in [-0.3, -0.25) is 9.78 Å². The van der Waals surface area contributed by atoms with Crippen molar-refractivity contribution in [3.05, 3.63) is 72.4 Å². The van der Waals surface area contributed by atoms with Crippen molar-refractivity contribution in [1.29, 1.82) is 0 Å². The van der Waals surface area contributed by atoms with Crippen molar-refractivity contribution in [3.63, 3.8) is 0 Å². The van der Waals surface area contributed by atoms with Gasteiger partial charge in [-0.25, -0.2) is 9.37 Å². The molecule has 24 heavy (non-hydrogen) atoms. The molecule has 0 fully saturated rings. The van der Waals surface area contributed by atoms with Crippen molar-refractivity contribution in [2.75, 3.05) is 12.4 Å². The third-order valence-corrected chi connectivity index (χ3v) is 3.41. The summed E-state index contributed by atoms with van der Waals surface area (Å²) in [5, 5.41) is 2.78. The third kappa shape index (κ3) is 3.38. The van der Waals surface area contributed by atoms with Crippen LogP contribution in [0, 0.1) is 5.82 Å². The van der Waals surface area contributed by atoms with Gasteiger partial charge >= 0.3 is 0 Å². The number of nitrogens with one attached hydrogen (secondary N) is 1. The highest BCUT2D eigenvalue weighted by Crippen LogP contribution is 2.27. The molecule has 0 bridgehead atoms. The molecule has 2 aromatic heterocycles. The molecule has 0 atom stereocenters. The second kappa shape index (κ2) is 6.87. The zero-order chi connectivity index (χ0) is 16.9. The molecular weight excluding hydrogens is 309 g/mol. The largest absolute Gasteiger partial charge is 0.481 e. The highest BCUT2D eigenvalue weighted by Gasteiger charge is 2.11. The predicted octanol–water partition coefficient (Wildman–Crippen LogP) is 3.54. The quantitative estimate of drug-likeness (QED) is 0.797. The number of methoxy groups -OCH3 is 1. The van der Waals surface area contributed by atoms with E-state index in [1.54, 1.807) is 36.5 Å². The SMILES string of the molecule is COc1ccc(C(=O)Nc2cnccc2-c2cccc(F)c2)cn1. The maximum atomic E-state index is 13.5. The second-order valence-electron chi connectivity index (χ2n) is 4.97. The number of pyridine rings is 2. The first-order chi connectivity index (χ1) is 11.7. The average molecular weight is 323 g/mol. The number of anilines is 1. The smallest absolute Gasteiger partial charge is 0.257 e. The summed E-state index contributed by atoms with van der Waals surface area (Å²) in [5.41, 5.74) is 2.20. The summed E-state index contributed by atoms with van der Waals surface area (Å²) < 4.78 is 18.4. The fourth-order valence-electron chi connectivity index (χ4n) is 2.23. The van der Waals surface area contributed by atoms with E-state index < -0.39 is 0 Å². The number of hydrogen-bond donors (Lipinski definition) is 1. The Hall–Kier alpha value is -3.28. The van der Waals surface area contributed by atoms with Crippen molar-refractivity contribution >= 4 is 11.6 Å². The molecular formula is C18H14FN3O2. The Morgan fingerprint density at radius 1 is 1.17 bits per heavy atom. The van der Waals surface area contributed by atoms with Gasteiger partial charge in [0.15, 0.2) is 0 Å². The number of hydrogen-bond acceptors (Lipinski definition) is 4. The summed E-state index contributed by atoms with van der Waals surface area (Å²) in [5.74, 6) is -0.259. The normalized spacial score (nSPS) is 10.2. The van der Waals surface area contributed by atoms with Crippen molar-refractivity contribution in [2.24, 2.45) is 0 Å². The number of halogens is 1. The van der Waals surface area contributed by atoms with Gasteiger partial charge in [0.1, 0.15) is 5.82 Å². The summed E-state index contributed by atoms with van der Waals surface area (Å²) in [4.78, 5) is 20.4. The van der Waals surface area contributed by atoms with Crippen LogP contribution in [0.3, 0.4) is 0 Å². The van der Waals surface area contributed by atoms with E-state index in [2.05, 4.69) is 15.3 Å². The minimum Gasteiger partial charge on any atom is -0.481 e. The molecule has 1 amide bonds. The minimum absolute atomic E-state index is 0.337. The van der Waals surface area contributed by atoms with Gasteiger partial charge in [-0.2, -0.15) is 0 Å². The first-order valence-corrected chi connectivity index (χ1v) is 7.19. The standard InChI is InChI=1S/C18H14FN3O2/c1-24-17-6-5-13(10-21-17)18(23)22-16-11-20-8-7-15(16)12-3-2-4-14(19)9-12/h2-11H,1H3,(H,22,23). The topological polar surface area (TPSA) is 64.1 Å². The molecule has 0 saturated carbocycles. The molecule has 0 aliphatic carbocycles. The molecule has 5 nitrogen and oxygen atoms in total. The maximum absolute atomic E-state index is 13.5. The Morgan fingerprint density at radius 3 is 2.75 bits per heavy atom. The van der Waals surface area contributed by atoms with Gasteiger partial charge in [-0.1, -0.05) is 12.1 Å². The van der Waals surface area contributed by atoms with Crippen LogP contribution < -0.4 is 10.1 Å². The number of amides is 1. The van der Waals surface area contributed by atoms with E-state index >= 15 is 0 Å². The summed E-state index contributed by atoms with van der Waals surface area (Å²) in [6.07, 6.45) is 4.53. The number of carbonyl (C=O) groups excluding carboxylic acids is 1. The van der Waals surface area contributed by atoms with Crippen molar-refractivity contribution in [3.8, 4) is 17.0 Å². The van der Waals surface area contributed by atoms with E-state index in [4.69, 9.17) is 4.74 Å². The maximum Gasteiger partial charge on any atom is 0.257 e. The lowest BCUT2D eigenvalue weighted by Crippen LogP contribution is -2.13. The molecule has 0 radical (unpaired) electrons. The number of rotatable bonds is 4. The Bertz CT molecular complexity index is 866. The van der Waals surface area contributed by atoms with Crippen LogP contribution in [0.15, 0.2) is 61.1 Å². The monoisotopic (exact) mass is 323 g/mol. The highest BCUT2D eigenvalue weighted by atomic mass is 19.1. The van der Waals surface area contributed by atoms with E-state index in [1.807, 2.05) is 0 Å². The molecule has 3 aromatic rings. The van der Waals surface area contributed by atoms with E-state index in [0.29, 0.717) is 28.3 Å². The molecule has 0 spiro atoms. The van der Waals surface area contributed by atoms with Crippen LogP contribution in [-0.4, -0.2) is 23.0 Å². The summed E-state index contributed by atoms with van der Waals surface area (Å²) >= 11 is 0. The Kier molecular flexibility index (Phi) is 4.47. The lowest BCUT2D eigenvalue weighted by Gasteiger charge is -2.11. The summed E-state index contributed by atoms with van der Waals surface area (Å²) in [6, 6.07) is 11.1. The van der Waals surface area contributed by atoms with Gasteiger partial charge in [0.25, 0.3) is 5.91 Å². The molecule has 0 aliphatic rings. The molecule has 1 N–H and O–H groups in total. The molecule has 3 rings (SSSR count). The van der Waals surface area contributed by atoms with Crippen LogP contribution in [0.25, 0.3) is 11.1 Å². The fraction of sp³-hybridized carbons (Fsp3) is 0.0556. The van der Waals surface area contributed by atoms with E-state index in [1.165, 1.54) is 31.6 Å². The van der Waals surface area contributed by atoms with Crippen LogP contribution in [-0.2, 0) is 0 Å². The molecule has 6 heteroatoms. The average Bonchev–Trinajstić information content (AvgIpc) is 2.62. The Labute approximate surface area is 138 Å². The fourth-order valence-corrected chi connectivity index (χ4v) is 2.23. The van der Waals surface area contributed by atoms with Crippen LogP contribution >= 0.6 is 0 Å². The number of nitrogens with zero attached hydrogens (tertiary/aromatic N) is 2. The van der Waals surface area contributed by atoms with E-state index in [9.17, 15) is 9.18 Å². The van der Waals surface area contributed by atoms with Crippen LogP contribution in [0.1, 0.15) is 10.4 Å². The predicted molar refractivity (Wildman–Crippen MR) is 88.4 cm³/mol. The highest BCUT2D eigenvalue weighted by molar-refractivity contribution is 6.06. The first-order valence-electron chi connectivity index (χ1n) is 7.19. The number of carbonyl (C=O) groups is 1. The Morgan fingerprint density at radius 2 is 2.04 bits per heavy atom. The second-order valence-corrected chi connectivity index (χ2v) is 4.97. The Balaban J connectivity index is 1.88. The van der Waals surface area contributed by atoms with Gasteiger partial charge in [-0.05, 0) is 29.8 Å². The van der Waals surface area contributed by atoms with Gasteiger partial charge in [0.2, 0.25) is 5.88 Å². The molecule has 2 heterocycles. The van der Waals surface area contributed by atoms with Gasteiger partial charge in [-0.15, -0.1) is 0 Å². The molecule has 120 valence electrons. The lowest BCUT2D eigenvalue weighted by molar-refractivity contribution is 0.102. The molecule has 0 unspecified atom stereocenters. The minimum atomic E-state index is -0.346. The van der Waals surface area contributed by atoms with Crippen molar-refractivity contribution < 1.29 is 13.9 Å². The zero-order valence-corrected chi connectivity index (χ0v) is 12.9. The third-order valence-electron chi connectivity index (χ3n) is 3.41. The van der Waals surface area contributed by atoms with Crippen LogP contribution in [0.4, 0.5) is 10.1 Å². The van der Waals surface area contributed by atoms with Gasteiger partial charge < -0.3 is 10.1 Å². The summed E-state index contributed by atoms with van der Waals surface area (Å²) in [6.45, 7) is 0. The zero-order valence-electron chi connectivity index (χ0n) is 12.9. The van der Waals surface area contributed by atoms with Crippen LogP contribution in [0.2, 0.25) is 0 Å². The van der Waals surface area contributed by atoms with Crippen molar-refractivity contribution in [1.82, 2.24) is 9.97 Å².